The molecular weight excluding hydrogens is 430 g/mol. The van der Waals surface area contributed by atoms with Gasteiger partial charge in [-0.05, 0) is 42.5 Å². The third-order valence-corrected chi connectivity index (χ3v) is 6.06. The fourth-order valence-corrected chi connectivity index (χ4v) is 4.10. The first-order valence-electron chi connectivity index (χ1n) is 11.7. The van der Waals surface area contributed by atoms with Gasteiger partial charge in [0.2, 0.25) is 11.9 Å². The molecule has 9 nitrogen and oxygen atoms in total. The van der Waals surface area contributed by atoms with Gasteiger partial charge in [0.1, 0.15) is 0 Å². The van der Waals surface area contributed by atoms with E-state index in [2.05, 4.69) is 29.6 Å². The van der Waals surface area contributed by atoms with Crippen LogP contribution in [0.5, 0.6) is 0 Å². The van der Waals surface area contributed by atoms with Crippen molar-refractivity contribution < 1.29 is 4.74 Å². The Labute approximate surface area is 197 Å². The summed E-state index contributed by atoms with van der Waals surface area (Å²) in [7, 11) is 0. The van der Waals surface area contributed by atoms with E-state index in [0.717, 1.165) is 48.5 Å². The largest absolute Gasteiger partial charge is 0.381 e. The molecule has 3 aromatic heterocycles. The summed E-state index contributed by atoms with van der Waals surface area (Å²) in [5, 5.41) is 11.5. The summed E-state index contributed by atoms with van der Waals surface area (Å²) in [6.07, 6.45) is 5.50. The number of hydrogen-bond donors (Lipinski definition) is 2. The van der Waals surface area contributed by atoms with Crippen molar-refractivity contribution >= 4 is 17.5 Å². The van der Waals surface area contributed by atoms with Crippen molar-refractivity contribution in [3.05, 3.63) is 76.3 Å². The summed E-state index contributed by atoms with van der Waals surface area (Å²) in [6, 6.07) is 13.3. The maximum absolute atomic E-state index is 12.1. The second-order valence-electron chi connectivity index (χ2n) is 8.82. The first-order valence-corrected chi connectivity index (χ1v) is 11.7. The monoisotopic (exact) mass is 459 g/mol. The van der Waals surface area contributed by atoms with E-state index in [0.29, 0.717) is 30.4 Å². The van der Waals surface area contributed by atoms with E-state index in [-0.39, 0.29) is 5.56 Å². The highest BCUT2D eigenvalue weighted by Crippen LogP contribution is 2.23. The molecule has 176 valence electrons. The molecule has 34 heavy (non-hydrogen) atoms. The van der Waals surface area contributed by atoms with Crippen molar-refractivity contribution in [3.8, 4) is 5.69 Å². The Morgan fingerprint density at radius 3 is 2.62 bits per heavy atom. The molecule has 0 amide bonds. The number of pyridine rings is 1. The zero-order valence-corrected chi connectivity index (χ0v) is 19.4. The van der Waals surface area contributed by atoms with Gasteiger partial charge in [0.05, 0.1) is 6.20 Å². The van der Waals surface area contributed by atoms with E-state index >= 15 is 0 Å². The van der Waals surface area contributed by atoms with E-state index in [9.17, 15) is 4.79 Å². The van der Waals surface area contributed by atoms with Crippen LogP contribution in [0.4, 0.5) is 11.9 Å². The Hall–Kier alpha value is -3.72. The third kappa shape index (κ3) is 4.65. The predicted molar refractivity (Wildman–Crippen MR) is 132 cm³/mol. The summed E-state index contributed by atoms with van der Waals surface area (Å²) < 4.78 is 8.86. The van der Waals surface area contributed by atoms with Gasteiger partial charge in [-0.2, -0.15) is 19.6 Å². The molecule has 9 heteroatoms. The molecule has 1 aromatic carbocycles. The SMILES string of the molecule is CC(C)c1cnn2c(NCc3ccc(-n4ccccc4=O)cc3)nc(NC3CCOCC3)nc12. The zero-order chi connectivity index (χ0) is 23.5. The van der Waals surface area contributed by atoms with Crippen LogP contribution in [-0.2, 0) is 11.3 Å². The van der Waals surface area contributed by atoms with E-state index in [1.165, 1.54) is 0 Å². The molecule has 0 spiro atoms. The molecule has 0 radical (unpaired) electrons. The predicted octanol–water partition coefficient (Wildman–Crippen LogP) is 3.60. The van der Waals surface area contributed by atoms with Crippen LogP contribution in [-0.4, -0.2) is 43.4 Å². The maximum Gasteiger partial charge on any atom is 0.255 e. The summed E-state index contributed by atoms with van der Waals surface area (Å²) in [5.74, 6) is 1.53. The Bertz CT molecular complexity index is 1320. The number of ether oxygens (including phenoxy) is 1. The maximum atomic E-state index is 12.1. The molecule has 1 aliphatic heterocycles. The second kappa shape index (κ2) is 9.64. The van der Waals surface area contributed by atoms with Crippen LogP contribution < -0.4 is 16.2 Å². The molecule has 0 unspecified atom stereocenters. The normalized spacial score (nSPS) is 14.6. The minimum absolute atomic E-state index is 0.0547. The number of nitrogens with one attached hydrogen (secondary N) is 2. The first kappa shape index (κ1) is 22.1. The molecule has 0 aliphatic carbocycles. The first-order chi connectivity index (χ1) is 16.6. The molecule has 4 aromatic rings. The van der Waals surface area contributed by atoms with Crippen LogP contribution in [0.2, 0.25) is 0 Å². The Morgan fingerprint density at radius 2 is 1.88 bits per heavy atom. The highest BCUT2D eigenvalue weighted by Gasteiger charge is 2.19. The van der Waals surface area contributed by atoms with Gasteiger partial charge in [-0.1, -0.05) is 32.0 Å². The van der Waals surface area contributed by atoms with Gasteiger partial charge < -0.3 is 15.4 Å². The number of anilines is 2. The number of benzene rings is 1. The summed E-state index contributed by atoms with van der Waals surface area (Å²) >= 11 is 0. The topological polar surface area (TPSA) is 98.4 Å². The number of fused-ring (bicyclic) bond motifs is 1. The van der Waals surface area contributed by atoms with Crippen LogP contribution in [0, 0.1) is 0 Å². The molecule has 0 atom stereocenters. The van der Waals surface area contributed by atoms with Crippen molar-refractivity contribution in [2.24, 2.45) is 0 Å². The fourth-order valence-electron chi connectivity index (χ4n) is 4.10. The van der Waals surface area contributed by atoms with Gasteiger partial charge >= 0.3 is 0 Å². The van der Waals surface area contributed by atoms with E-state index < -0.39 is 0 Å². The molecule has 5 rings (SSSR count). The molecule has 0 bridgehead atoms. The lowest BCUT2D eigenvalue weighted by molar-refractivity contribution is 0.0903. The fraction of sp³-hybridized carbons (Fsp3) is 0.360. The average Bonchev–Trinajstić information content (AvgIpc) is 3.28. The molecule has 4 heterocycles. The van der Waals surface area contributed by atoms with Crippen molar-refractivity contribution in [1.82, 2.24) is 24.1 Å². The van der Waals surface area contributed by atoms with E-state index in [1.54, 1.807) is 27.4 Å². The van der Waals surface area contributed by atoms with Crippen LogP contribution >= 0.6 is 0 Å². The van der Waals surface area contributed by atoms with E-state index in [1.807, 2.05) is 36.5 Å². The van der Waals surface area contributed by atoms with Crippen LogP contribution in [0.25, 0.3) is 11.3 Å². The van der Waals surface area contributed by atoms with Crippen LogP contribution in [0.1, 0.15) is 43.7 Å². The standard InChI is InChI=1S/C25H29N7O2/c1-17(2)21-16-27-32-23(21)29-24(28-19-10-13-34-14-11-19)30-25(32)26-15-18-6-8-20(9-7-18)31-12-4-3-5-22(31)33/h3-9,12,16-17,19H,10-11,13-15H2,1-2H3,(H2,26,28,29,30). The zero-order valence-electron chi connectivity index (χ0n) is 19.4. The van der Waals surface area contributed by atoms with Crippen LogP contribution in [0.15, 0.2) is 59.7 Å². The van der Waals surface area contributed by atoms with Gasteiger partial charge in [-0.25, -0.2) is 0 Å². The van der Waals surface area contributed by atoms with Crippen molar-refractivity contribution in [1.29, 1.82) is 0 Å². The molecular formula is C25H29N7O2. The van der Waals surface area contributed by atoms with Gasteiger partial charge in [0.15, 0.2) is 5.65 Å². The molecule has 0 saturated carbocycles. The number of hydrogen-bond acceptors (Lipinski definition) is 7. The minimum atomic E-state index is -0.0547. The molecule has 2 N–H and O–H groups in total. The van der Waals surface area contributed by atoms with Crippen LogP contribution in [0.3, 0.4) is 0 Å². The lowest BCUT2D eigenvalue weighted by Gasteiger charge is -2.23. The lowest BCUT2D eigenvalue weighted by Crippen LogP contribution is -2.29. The number of aromatic nitrogens is 5. The molecule has 1 aliphatic rings. The number of nitrogens with zero attached hydrogens (tertiary/aromatic N) is 5. The summed E-state index contributed by atoms with van der Waals surface area (Å²) in [5.41, 5.74) is 3.73. The van der Waals surface area contributed by atoms with Crippen molar-refractivity contribution in [2.45, 2.75) is 45.2 Å². The van der Waals surface area contributed by atoms with E-state index in [4.69, 9.17) is 14.7 Å². The van der Waals surface area contributed by atoms with Gasteiger partial charge in [-0.15, -0.1) is 0 Å². The summed E-state index contributed by atoms with van der Waals surface area (Å²) in [4.78, 5) is 21.6. The quantitative estimate of drug-likeness (QED) is 0.436. The Morgan fingerprint density at radius 1 is 1.09 bits per heavy atom. The molecule has 1 fully saturated rings. The Kier molecular flexibility index (Phi) is 6.27. The lowest BCUT2D eigenvalue weighted by atomic mass is 10.1. The minimum Gasteiger partial charge on any atom is -0.381 e. The third-order valence-electron chi connectivity index (χ3n) is 6.06. The van der Waals surface area contributed by atoms with Gasteiger partial charge in [0.25, 0.3) is 5.56 Å². The highest BCUT2D eigenvalue weighted by atomic mass is 16.5. The second-order valence-corrected chi connectivity index (χ2v) is 8.82. The summed E-state index contributed by atoms with van der Waals surface area (Å²) in [6.45, 7) is 6.33. The number of rotatable bonds is 7. The average molecular weight is 460 g/mol. The van der Waals surface area contributed by atoms with Crippen molar-refractivity contribution in [3.63, 3.8) is 0 Å². The van der Waals surface area contributed by atoms with Gasteiger partial charge in [0, 0.05) is 49.3 Å². The smallest absolute Gasteiger partial charge is 0.255 e. The molecule has 1 saturated heterocycles. The highest BCUT2D eigenvalue weighted by molar-refractivity contribution is 5.56. The van der Waals surface area contributed by atoms with Crippen molar-refractivity contribution in [2.75, 3.05) is 23.8 Å². The Balaban J connectivity index is 1.39. The van der Waals surface area contributed by atoms with Gasteiger partial charge in [-0.3, -0.25) is 9.36 Å².